The van der Waals surface area contributed by atoms with E-state index in [1.807, 2.05) is 33.8 Å². The Morgan fingerprint density at radius 1 is 1.11 bits per heavy atom. The summed E-state index contributed by atoms with van der Waals surface area (Å²) in [5.74, 6) is -2.59. The van der Waals surface area contributed by atoms with Crippen molar-refractivity contribution in [3.63, 3.8) is 0 Å². The Kier molecular flexibility index (Phi) is 7.94. The fourth-order valence-electron chi connectivity index (χ4n) is 9.54. The summed E-state index contributed by atoms with van der Waals surface area (Å²) in [6.07, 6.45) is 8.59. The molecule has 0 saturated heterocycles. The number of fused-ring (bicyclic) bond motifs is 5. The van der Waals surface area contributed by atoms with Crippen molar-refractivity contribution in [1.82, 2.24) is 0 Å². The number of aliphatic hydroxyl groups excluding tert-OH is 1. The molecule has 2 aliphatic heterocycles. The van der Waals surface area contributed by atoms with Crippen LogP contribution in [0.1, 0.15) is 108 Å². The van der Waals surface area contributed by atoms with Gasteiger partial charge in [-0.05, 0) is 84.5 Å². The highest BCUT2D eigenvalue weighted by Gasteiger charge is 2.67. The van der Waals surface area contributed by atoms with E-state index in [2.05, 4.69) is 20.4 Å². The number of phenolic OH excluding ortho intramolecular Hbond substituents is 1. The molecule has 2 bridgehead atoms. The molecule has 0 aromatic heterocycles. The molecule has 8 atom stereocenters. The second kappa shape index (κ2) is 11.2. The van der Waals surface area contributed by atoms with Crippen molar-refractivity contribution in [3.05, 3.63) is 63.8 Å². The summed E-state index contributed by atoms with van der Waals surface area (Å²) in [5.41, 5.74) is 1.22. The lowest BCUT2D eigenvalue weighted by Crippen LogP contribution is -2.57. The number of carboxylic acids is 1. The maximum atomic E-state index is 15.0. The van der Waals surface area contributed by atoms with Gasteiger partial charge in [-0.15, -0.1) is 0 Å². The molecule has 3 aliphatic carbocycles. The zero-order chi connectivity index (χ0) is 34.4. The molecule has 1 aromatic carbocycles. The van der Waals surface area contributed by atoms with E-state index in [0.29, 0.717) is 61.0 Å². The average Bonchev–Trinajstić information content (AvgIpc) is 3.20. The van der Waals surface area contributed by atoms with Crippen LogP contribution < -0.4 is 9.47 Å². The Morgan fingerprint density at radius 2 is 1.81 bits per heavy atom. The van der Waals surface area contributed by atoms with Crippen LogP contribution in [0, 0.1) is 29.1 Å². The third-order valence-electron chi connectivity index (χ3n) is 12.0. The normalized spacial score (nSPS) is 34.8. The van der Waals surface area contributed by atoms with Crippen molar-refractivity contribution in [2.75, 3.05) is 0 Å². The van der Waals surface area contributed by atoms with Gasteiger partial charge < -0.3 is 29.6 Å². The Bertz CT molecular complexity index is 1670. The van der Waals surface area contributed by atoms with Crippen LogP contribution in [-0.4, -0.2) is 50.7 Å². The third kappa shape index (κ3) is 4.84. The molecule has 8 heteroatoms. The van der Waals surface area contributed by atoms with Crippen LogP contribution in [0.15, 0.2) is 47.1 Å². The number of ketones is 1. The van der Waals surface area contributed by atoms with Crippen LogP contribution in [0.5, 0.6) is 17.2 Å². The highest BCUT2D eigenvalue weighted by Crippen LogP contribution is 2.67. The number of rotatable bonds is 7. The summed E-state index contributed by atoms with van der Waals surface area (Å²) in [7, 11) is 0. The molecule has 8 nitrogen and oxygen atoms in total. The van der Waals surface area contributed by atoms with Gasteiger partial charge in [-0.25, -0.2) is 4.79 Å². The maximum Gasteiger partial charge on any atom is 0.330 e. The van der Waals surface area contributed by atoms with Gasteiger partial charge in [0.05, 0.1) is 0 Å². The molecule has 0 amide bonds. The summed E-state index contributed by atoms with van der Waals surface area (Å²) in [4.78, 5) is 39.1. The molecule has 2 unspecified atom stereocenters. The van der Waals surface area contributed by atoms with Gasteiger partial charge in [0.15, 0.2) is 5.78 Å². The van der Waals surface area contributed by atoms with E-state index >= 15 is 4.79 Å². The Balaban J connectivity index is 1.66. The number of aliphatic hydroxyl groups is 1. The maximum absolute atomic E-state index is 15.0. The summed E-state index contributed by atoms with van der Waals surface area (Å²) in [5, 5.41) is 33.6. The monoisotopic (exact) mass is 644 g/mol. The first-order chi connectivity index (χ1) is 22.0. The first-order valence-corrected chi connectivity index (χ1v) is 16.9. The van der Waals surface area contributed by atoms with Crippen LogP contribution in [0.2, 0.25) is 0 Å². The van der Waals surface area contributed by atoms with Gasteiger partial charge in [0.25, 0.3) is 0 Å². The number of ether oxygens (including phenoxy) is 2. The van der Waals surface area contributed by atoms with Crippen LogP contribution in [-0.2, 0) is 16.0 Å². The van der Waals surface area contributed by atoms with E-state index in [9.17, 15) is 24.9 Å². The molecule has 3 N–H and O–H groups in total. The quantitative estimate of drug-likeness (QED) is 0.164. The number of aliphatic carboxylic acids is 1. The third-order valence-corrected chi connectivity index (χ3v) is 12.0. The minimum absolute atomic E-state index is 0.0363. The van der Waals surface area contributed by atoms with Crippen molar-refractivity contribution >= 4 is 18.0 Å². The number of carbonyl (C=O) groups excluding carboxylic acids is 2. The van der Waals surface area contributed by atoms with Gasteiger partial charge >= 0.3 is 5.97 Å². The van der Waals surface area contributed by atoms with Crippen molar-refractivity contribution in [1.29, 1.82) is 0 Å². The van der Waals surface area contributed by atoms with Gasteiger partial charge in [-0.3, -0.25) is 4.79 Å². The van der Waals surface area contributed by atoms with Crippen molar-refractivity contribution in [2.45, 2.75) is 110 Å². The summed E-state index contributed by atoms with van der Waals surface area (Å²) in [6, 6.07) is 0. The number of hydrogen-bond acceptors (Lipinski definition) is 7. The molecule has 47 heavy (non-hydrogen) atoms. The number of aromatic hydroxyl groups is 1. The smallest absolute Gasteiger partial charge is 0.330 e. The second-order valence-corrected chi connectivity index (χ2v) is 15.8. The molecule has 2 fully saturated rings. The van der Waals surface area contributed by atoms with Crippen molar-refractivity contribution in [3.8, 4) is 17.2 Å². The number of hydrogen-bond donors (Lipinski definition) is 3. The Labute approximate surface area is 277 Å². The second-order valence-electron chi connectivity index (χ2n) is 15.8. The van der Waals surface area contributed by atoms with E-state index in [0.717, 1.165) is 17.4 Å². The molecule has 6 rings (SSSR count). The zero-order valence-electron chi connectivity index (χ0n) is 28.6. The number of benzene rings is 1. The Morgan fingerprint density at radius 3 is 2.43 bits per heavy atom. The molecule has 1 aromatic rings. The lowest BCUT2D eigenvalue weighted by Gasteiger charge is -2.53. The number of carboxylic acid groups (broad SMARTS) is 1. The van der Waals surface area contributed by atoms with Crippen LogP contribution >= 0.6 is 0 Å². The number of phenols is 1. The summed E-state index contributed by atoms with van der Waals surface area (Å²) in [6.45, 7) is 17.8. The van der Waals surface area contributed by atoms with Crippen LogP contribution in [0.3, 0.4) is 0 Å². The van der Waals surface area contributed by atoms with Crippen molar-refractivity contribution < 1.29 is 39.2 Å². The molecule has 2 saturated carbocycles. The number of aldehydes is 1. The highest BCUT2D eigenvalue weighted by atomic mass is 16.5. The standard InChI is InChI=1S/C39H48O8/c1-19(2)9-12-25-33-29(28-24(20(3)4)13-14-38(8,46-33)35(28)43)32(42)30-31(41)26-15-22(18-40)16-27-37(6,7)17-23(11-10-21(5)36(44)45)39(26,27)47-34(25)30/h9-10,15,18,22-24,27-28,35,42-43H,3,11-14,16-17H2,1-2,4-8H3,(H,44,45)/b21-10-/t22-,23+,24?,27?,28-,35+,38-,39-/m1/s1. The molecular formula is C39H48O8. The molecule has 5 aliphatic rings. The van der Waals surface area contributed by atoms with E-state index in [1.54, 1.807) is 19.1 Å². The van der Waals surface area contributed by atoms with E-state index in [-0.39, 0.29) is 45.8 Å². The topological polar surface area (TPSA) is 130 Å². The minimum atomic E-state index is -1.14. The van der Waals surface area contributed by atoms with Crippen LogP contribution in [0.4, 0.5) is 0 Å². The van der Waals surface area contributed by atoms with E-state index < -0.39 is 40.9 Å². The molecule has 0 radical (unpaired) electrons. The fraction of sp³-hybridized carbons (Fsp3) is 0.564. The van der Waals surface area contributed by atoms with Crippen molar-refractivity contribution in [2.24, 2.45) is 29.1 Å². The van der Waals surface area contributed by atoms with E-state index in [4.69, 9.17) is 9.47 Å². The fourth-order valence-corrected chi connectivity index (χ4v) is 9.54. The minimum Gasteiger partial charge on any atom is -0.507 e. The lowest BCUT2D eigenvalue weighted by molar-refractivity contribution is -0.132. The summed E-state index contributed by atoms with van der Waals surface area (Å²) < 4.78 is 14.0. The average molecular weight is 645 g/mol. The molecular weight excluding hydrogens is 596 g/mol. The lowest BCUT2D eigenvalue weighted by atomic mass is 9.61. The van der Waals surface area contributed by atoms with Gasteiger partial charge in [0, 0.05) is 45.9 Å². The number of allylic oxidation sites excluding steroid dienone is 5. The van der Waals surface area contributed by atoms with E-state index in [1.165, 1.54) is 0 Å². The highest BCUT2D eigenvalue weighted by molar-refractivity contribution is 6.16. The largest absolute Gasteiger partial charge is 0.507 e. The van der Waals surface area contributed by atoms with Crippen LogP contribution in [0.25, 0.3) is 0 Å². The van der Waals surface area contributed by atoms with Gasteiger partial charge in [0.2, 0.25) is 0 Å². The number of Topliss-reactive ketones (excluding diaryl/α,β-unsaturated/α-hetero) is 1. The first kappa shape index (κ1) is 33.3. The molecule has 1 spiro atoms. The molecule has 252 valence electrons. The van der Waals surface area contributed by atoms with Gasteiger partial charge in [-0.2, -0.15) is 0 Å². The zero-order valence-corrected chi connectivity index (χ0v) is 28.6. The SMILES string of the molecule is C=C(C)C1CC[C@@]2(C)Oc3c(CC=C(C)C)c4c(c(O)c3[C@@H]1[C@@H]2O)C(=O)C1=C[C@@H](C=O)CC2C(C)(C)C[C@H](C/C=C(/C)C(=O)O)[C@@]12O4. The predicted molar refractivity (Wildman–Crippen MR) is 178 cm³/mol. The number of carbonyl (C=O) groups is 3. The summed E-state index contributed by atoms with van der Waals surface area (Å²) >= 11 is 0. The van der Waals surface area contributed by atoms with Gasteiger partial charge in [0.1, 0.15) is 46.4 Å². The molecule has 2 heterocycles. The first-order valence-electron chi connectivity index (χ1n) is 16.9. The predicted octanol–water partition coefficient (Wildman–Crippen LogP) is 7.03. The van der Waals surface area contributed by atoms with Gasteiger partial charge in [-0.1, -0.05) is 49.8 Å². The Hall–Kier alpha value is -3.65.